The van der Waals surface area contributed by atoms with Gasteiger partial charge in [0.15, 0.2) is 0 Å². The lowest BCUT2D eigenvalue weighted by Crippen LogP contribution is -2.45. The van der Waals surface area contributed by atoms with Gasteiger partial charge in [-0.1, -0.05) is 49.1 Å². The van der Waals surface area contributed by atoms with Crippen molar-refractivity contribution in [3.63, 3.8) is 0 Å². The van der Waals surface area contributed by atoms with Crippen molar-refractivity contribution >= 4 is 40.3 Å². The van der Waals surface area contributed by atoms with Crippen molar-refractivity contribution in [2.75, 3.05) is 39.6 Å². The van der Waals surface area contributed by atoms with E-state index < -0.39 is 0 Å². The molecule has 1 aromatic rings. The Labute approximate surface area is 157 Å². The number of thioether (sulfide) groups is 1. The molecule has 3 rings (SSSR count). The maximum Gasteiger partial charge on any atom is 0.267 e. The third-order valence-electron chi connectivity index (χ3n) is 3.99. The lowest BCUT2D eigenvalue weighted by atomic mass is 10.2. The van der Waals surface area contributed by atoms with Gasteiger partial charge in [0.1, 0.15) is 10.1 Å². The summed E-state index contributed by atoms with van der Waals surface area (Å²) in [5.74, 6) is 0.759. The monoisotopic (exact) mass is 378 g/mol. The maximum atomic E-state index is 12.8. The molecule has 0 aliphatic carbocycles. The zero-order chi connectivity index (χ0) is 17.6. The van der Waals surface area contributed by atoms with Gasteiger partial charge < -0.3 is 9.47 Å². The minimum Gasteiger partial charge on any atom is -0.493 e. The highest BCUT2D eigenvalue weighted by atomic mass is 32.2. The molecule has 0 N–H and O–H groups in total. The van der Waals surface area contributed by atoms with Crippen LogP contribution in [0, 0.1) is 0 Å². The van der Waals surface area contributed by atoms with Crippen LogP contribution in [0.15, 0.2) is 29.2 Å². The number of thiocarbonyl (C=S) groups is 1. The fourth-order valence-electron chi connectivity index (χ4n) is 2.65. The summed E-state index contributed by atoms with van der Waals surface area (Å²) in [5.41, 5.74) is 0.905. The van der Waals surface area contributed by atoms with E-state index in [-0.39, 0.29) is 5.91 Å². The first-order chi connectivity index (χ1) is 12.2. The molecule has 0 aromatic heterocycles. The Hall–Kier alpha value is -1.41. The van der Waals surface area contributed by atoms with E-state index in [1.165, 1.54) is 11.8 Å². The zero-order valence-corrected chi connectivity index (χ0v) is 15.9. The SMILES string of the molecule is CCCOc1ccccc1/C=C1/SC(=S)N(CN2CCOCC2)C1=O. The van der Waals surface area contributed by atoms with E-state index in [1.54, 1.807) is 4.90 Å². The van der Waals surface area contributed by atoms with E-state index in [1.807, 2.05) is 30.3 Å². The van der Waals surface area contributed by atoms with Crippen LogP contribution in [0.5, 0.6) is 5.75 Å². The van der Waals surface area contributed by atoms with Crippen LogP contribution in [0.25, 0.3) is 6.08 Å². The molecule has 2 heterocycles. The Morgan fingerprint density at radius 3 is 2.84 bits per heavy atom. The van der Waals surface area contributed by atoms with Gasteiger partial charge in [0.05, 0.1) is 31.4 Å². The number of carbonyl (C=O) groups excluding carboxylic acids is 1. The number of nitrogens with zero attached hydrogens (tertiary/aromatic N) is 2. The van der Waals surface area contributed by atoms with Gasteiger partial charge in [-0.3, -0.25) is 14.6 Å². The van der Waals surface area contributed by atoms with Crippen LogP contribution in [0.4, 0.5) is 0 Å². The van der Waals surface area contributed by atoms with E-state index >= 15 is 0 Å². The molecule has 0 atom stereocenters. The predicted molar refractivity (Wildman–Crippen MR) is 104 cm³/mol. The van der Waals surface area contributed by atoms with Crippen LogP contribution in [0.1, 0.15) is 18.9 Å². The van der Waals surface area contributed by atoms with E-state index in [4.69, 9.17) is 21.7 Å². The van der Waals surface area contributed by atoms with Crippen LogP contribution in [-0.4, -0.2) is 59.6 Å². The van der Waals surface area contributed by atoms with Gasteiger partial charge in [-0.25, -0.2) is 0 Å². The molecule has 2 aliphatic heterocycles. The van der Waals surface area contributed by atoms with Crippen molar-refractivity contribution in [1.29, 1.82) is 0 Å². The average Bonchev–Trinajstić information content (AvgIpc) is 2.89. The smallest absolute Gasteiger partial charge is 0.267 e. The lowest BCUT2D eigenvalue weighted by Gasteiger charge is -2.29. The molecule has 0 radical (unpaired) electrons. The standard InChI is InChI=1S/C18H22N2O3S2/c1-2-9-23-15-6-4-3-5-14(15)12-16-17(21)20(18(24)25-16)13-19-7-10-22-11-8-19/h3-6,12H,2,7-11,13H2,1H3/b16-12+. The molecular formula is C18H22N2O3S2. The number of amides is 1. The van der Waals surface area contributed by atoms with Crippen LogP contribution < -0.4 is 4.74 Å². The first kappa shape index (κ1) is 18.4. The molecule has 1 amide bonds. The molecule has 0 unspecified atom stereocenters. The van der Waals surface area contributed by atoms with Crippen molar-refractivity contribution in [3.8, 4) is 5.75 Å². The Bertz CT molecular complexity index is 672. The van der Waals surface area contributed by atoms with Crippen molar-refractivity contribution in [2.24, 2.45) is 0 Å². The Morgan fingerprint density at radius 1 is 1.32 bits per heavy atom. The third-order valence-corrected chi connectivity index (χ3v) is 5.36. The quantitative estimate of drug-likeness (QED) is 0.560. The van der Waals surface area contributed by atoms with Crippen LogP contribution in [0.3, 0.4) is 0 Å². The molecule has 7 heteroatoms. The topological polar surface area (TPSA) is 42.0 Å². The molecule has 0 spiro atoms. The Morgan fingerprint density at radius 2 is 2.08 bits per heavy atom. The van der Waals surface area contributed by atoms with Gasteiger partial charge in [0, 0.05) is 18.7 Å². The van der Waals surface area contributed by atoms with Crippen LogP contribution in [-0.2, 0) is 9.53 Å². The molecule has 0 saturated carbocycles. The fraction of sp³-hybridized carbons (Fsp3) is 0.444. The molecule has 2 fully saturated rings. The number of para-hydroxylation sites is 1. The number of carbonyl (C=O) groups is 1. The maximum absolute atomic E-state index is 12.8. The molecule has 5 nitrogen and oxygen atoms in total. The van der Waals surface area contributed by atoms with Crippen molar-refractivity contribution in [3.05, 3.63) is 34.7 Å². The average molecular weight is 379 g/mol. The van der Waals surface area contributed by atoms with Crippen LogP contribution >= 0.6 is 24.0 Å². The van der Waals surface area contributed by atoms with E-state index in [2.05, 4.69) is 11.8 Å². The summed E-state index contributed by atoms with van der Waals surface area (Å²) in [6.45, 7) is 6.30. The molecule has 1 aromatic carbocycles. The van der Waals surface area contributed by atoms with Crippen molar-refractivity contribution in [2.45, 2.75) is 13.3 Å². The normalized spacial score (nSPS) is 20.5. The zero-order valence-electron chi connectivity index (χ0n) is 14.3. The number of hydrogen-bond acceptors (Lipinski definition) is 6. The third kappa shape index (κ3) is 4.61. The summed E-state index contributed by atoms with van der Waals surface area (Å²) in [7, 11) is 0. The van der Waals surface area contributed by atoms with E-state index in [9.17, 15) is 4.79 Å². The number of morpholine rings is 1. The summed E-state index contributed by atoms with van der Waals surface area (Å²) in [4.78, 5) is 17.3. The second-order valence-electron chi connectivity index (χ2n) is 5.87. The molecule has 2 saturated heterocycles. The van der Waals surface area contributed by atoms with E-state index in [0.717, 1.165) is 30.8 Å². The van der Waals surface area contributed by atoms with Gasteiger partial charge in [0.2, 0.25) is 0 Å². The molecule has 2 aliphatic rings. The highest BCUT2D eigenvalue weighted by Crippen LogP contribution is 2.34. The first-order valence-electron chi connectivity index (χ1n) is 8.46. The van der Waals surface area contributed by atoms with E-state index in [0.29, 0.717) is 35.7 Å². The molecule has 25 heavy (non-hydrogen) atoms. The highest BCUT2D eigenvalue weighted by molar-refractivity contribution is 8.26. The van der Waals surface area contributed by atoms with Gasteiger partial charge in [-0.2, -0.15) is 0 Å². The lowest BCUT2D eigenvalue weighted by molar-refractivity contribution is -0.124. The number of ether oxygens (including phenoxy) is 2. The first-order valence-corrected chi connectivity index (χ1v) is 9.69. The van der Waals surface area contributed by atoms with Gasteiger partial charge >= 0.3 is 0 Å². The van der Waals surface area contributed by atoms with Gasteiger partial charge in [-0.15, -0.1) is 0 Å². The minimum absolute atomic E-state index is 0.0354. The Kier molecular flexibility index (Phi) is 6.47. The summed E-state index contributed by atoms with van der Waals surface area (Å²) >= 11 is 6.77. The van der Waals surface area contributed by atoms with Gasteiger partial charge in [-0.05, 0) is 18.6 Å². The molecular weight excluding hydrogens is 356 g/mol. The van der Waals surface area contributed by atoms with Crippen molar-refractivity contribution in [1.82, 2.24) is 9.80 Å². The predicted octanol–water partition coefficient (Wildman–Crippen LogP) is 2.97. The number of hydrogen-bond donors (Lipinski definition) is 0. The number of benzene rings is 1. The summed E-state index contributed by atoms with van der Waals surface area (Å²) in [6.07, 6.45) is 2.82. The van der Waals surface area contributed by atoms with Crippen molar-refractivity contribution < 1.29 is 14.3 Å². The minimum atomic E-state index is -0.0354. The second-order valence-corrected chi connectivity index (χ2v) is 7.54. The molecule has 134 valence electrons. The van der Waals surface area contributed by atoms with Crippen LogP contribution in [0.2, 0.25) is 0 Å². The second kappa shape index (κ2) is 8.80. The summed E-state index contributed by atoms with van der Waals surface area (Å²) < 4.78 is 11.7. The van der Waals surface area contributed by atoms with Gasteiger partial charge in [0.25, 0.3) is 5.91 Å². The summed E-state index contributed by atoms with van der Waals surface area (Å²) in [6, 6.07) is 7.76. The molecule has 0 bridgehead atoms. The highest BCUT2D eigenvalue weighted by Gasteiger charge is 2.33. The fourth-order valence-corrected chi connectivity index (χ4v) is 3.88. The Balaban J connectivity index is 1.74. The summed E-state index contributed by atoms with van der Waals surface area (Å²) in [5, 5.41) is 0. The largest absolute Gasteiger partial charge is 0.493 e. The number of rotatable bonds is 6.